The van der Waals surface area contributed by atoms with Gasteiger partial charge in [-0.3, -0.25) is 4.79 Å². The third kappa shape index (κ3) is 5.25. The van der Waals surface area contributed by atoms with Crippen molar-refractivity contribution in [2.75, 3.05) is 31.6 Å². The van der Waals surface area contributed by atoms with Crippen LogP contribution in [0.3, 0.4) is 0 Å². The van der Waals surface area contributed by atoms with E-state index in [1.807, 2.05) is 29.2 Å². The van der Waals surface area contributed by atoms with Gasteiger partial charge in [0.2, 0.25) is 0 Å². The zero-order valence-electron chi connectivity index (χ0n) is 17.2. The molecule has 0 saturated carbocycles. The van der Waals surface area contributed by atoms with Gasteiger partial charge >= 0.3 is 6.03 Å². The second-order valence-corrected chi connectivity index (χ2v) is 7.90. The van der Waals surface area contributed by atoms with Gasteiger partial charge in [0.1, 0.15) is 5.82 Å². The molecule has 160 valence electrons. The molecule has 0 unspecified atom stereocenters. The molecule has 8 heteroatoms. The molecular weight excluding hydrogens is 384 g/mol. The van der Waals surface area contributed by atoms with Crippen molar-refractivity contribution in [3.05, 3.63) is 46.5 Å². The van der Waals surface area contributed by atoms with Crippen molar-refractivity contribution in [2.24, 2.45) is 0 Å². The van der Waals surface area contributed by atoms with Crippen LogP contribution in [0.25, 0.3) is 11.3 Å². The maximum absolute atomic E-state index is 13.0. The number of carbonyl (C=O) groups is 1. The predicted octanol–water partition coefficient (Wildman–Crippen LogP) is 2.94. The van der Waals surface area contributed by atoms with Crippen molar-refractivity contribution < 1.29 is 14.3 Å². The van der Waals surface area contributed by atoms with Crippen LogP contribution < -0.4 is 10.9 Å². The second kappa shape index (κ2) is 9.40. The summed E-state index contributed by atoms with van der Waals surface area (Å²) in [7, 11) is 0. The van der Waals surface area contributed by atoms with E-state index < -0.39 is 0 Å². The molecule has 8 nitrogen and oxygen atoms in total. The molecule has 2 saturated heterocycles. The number of aromatic nitrogens is 2. The minimum absolute atomic E-state index is 0.0880. The molecule has 2 fully saturated rings. The van der Waals surface area contributed by atoms with Gasteiger partial charge in [0.05, 0.1) is 17.9 Å². The van der Waals surface area contributed by atoms with Crippen molar-refractivity contribution in [1.82, 2.24) is 14.9 Å². The first-order valence-electron chi connectivity index (χ1n) is 10.5. The maximum Gasteiger partial charge on any atom is 0.322 e. The number of rotatable bonds is 6. The van der Waals surface area contributed by atoms with Gasteiger partial charge in [-0.2, -0.15) is 0 Å². The third-order valence-corrected chi connectivity index (χ3v) is 5.48. The number of H-pyrrole nitrogens is 1. The average molecular weight is 412 g/mol. The van der Waals surface area contributed by atoms with Gasteiger partial charge in [-0.05, 0) is 44.7 Å². The zero-order valence-corrected chi connectivity index (χ0v) is 17.2. The monoisotopic (exact) mass is 412 g/mol. The Morgan fingerprint density at radius 3 is 2.30 bits per heavy atom. The number of urea groups is 1. The lowest BCUT2D eigenvalue weighted by atomic mass is 10.1. The summed E-state index contributed by atoms with van der Waals surface area (Å²) in [5.41, 5.74) is 1.93. The summed E-state index contributed by atoms with van der Waals surface area (Å²) >= 11 is 0. The summed E-state index contributed by atoms with van der Waals surface area (Å²) in [6, 6.07) is 8.65. The lowest BCUT2D eigenvalue weighted by Crippen LogP contribution is -2.44. The van der Waals surface area contributed by atoms with Crippen LogP contribution in [0.5, 0.6) is 0 Å². The highest BCUT2D eigenvalue weighted by Crippen LogP contribution is 2.21. The number of carbonyl (C=O) groups excluding carboxylic acids is 1. The Morgan fingerprint density at radius 1 is 1.13 bits per heavy atom. The second-order valence-electron chi connectivity index (χ2n) is 7.90. The van der Waals surface area contributed by atoms with E-state index in [2.05, 4.69) is 15.3 Å². The quantitative estimate of drug-likeness (QED) is 0.760. The van der Waals surface area contributed by atoms with E-state index in [0.717, 1.165) is 44.5 Å². The number of amides is 2. The number of benzene rings is 1. The number of hydrogen-bond acceptors (Lipinski definition) is 5. The van der Waals surface area contributed by atoms with Gasteiger partial charge in [0, 0.05) is 43.6 Å². The van der Waals surface area contributed by atoms with Crippen molar-refractivity contribution in [1.29, 1.82) is 0 Å². The van der Waals surface area contributed by atoms with Gasteiger partial charge < -0.3 is 24.7 Å². The highest BCUT2D eigenvalue weighted by molar-refractivity contribution is 5.89. The van der Waals surface area contributed by atoms with Crippen LogP contribution in [0, 0.1) is 6.92 Å². The molecule has 3 heterocycles. The molecule has 0 radical (unpaired) electrons. The minimum Gasteiger partial charge on any atom is -0.376 e. The highest BCUT2D eigenvalue weighted by atomic mass is 16.5. The topological polar surface area (TPSA) is 96.6 Å². The number of aryl methyl sites for hydroxylation is 1. The molecule has 2 N–H and O–H groups in total. The molecule has 1 aromatic heterocycles. The first-order chi connectivity index (χ1) is 14.6. The molecule has 2 amide bonds. The van der Waals surface area contributed by atoms with E-state index in [-0.39, 0.29) is 23.8 Å². The molecule has 2 aliphatic rings. The minimum atomic E-state index is -0.186. The Labute approximate surface area is 175 Å². The molecular formula is C22H28N4O4. The Kier molecular flexibility index (Phi) is 6.44. The fourth-order valence-electron chi connectivity index (χ4n) is 3.96. The molecule has 0 spiro atoms. The molecule has 2 atom stereocenters. The number of nitrogens with zero attached hydrogens (tertiary/aromatic N) is 2. The van der Waals surface area contributed by atoms with Crippen LogP contribution >= 0.6 is 0 Å². The molecule has 0 aliphatic carbocycles. The zero-order chi connectivity index (χ0) is 20.9. The molecule has 1 aromatic carbocycles. The van der Waals surface area contributed by atoms with Crippen LogP contribution in [0.15, 0.2) is 35.1 Å². The Morgan fingerprint density at radius 2 is 1.77 bits per heavy atom. The Bertz CT molecular complexity index is 897. The summed E-state index contributed by atoms with van der Waals surface area (Å²) in [5, 5.41) is 2.98. The van der Waals surface area contributed by atoms with Crippen LogP contribution in [-0.4, -0.2) is 59.4 Å². The molecule has 0 bridgehead atoms. The first kappa shape index (κ1) is 20.6. The standard InChI is InChI=1S/C22H28N4O4/c1-15-23-20(12-21(27)24-15)16-6-8-17(9-7-16)25-22(28)26(13-18-4-2-10-29-18)14-19-5-3-11-30-19/h6-9,12,18-19H,2-5,10-11,13-14H2,1H3,(H,25,28)(H,23,24,27)/t18-,19-/m1/s1. The summed E-state index contributed by atoms with van der Waals surface area (Å²) in [6.07, 6.45) is 4.21. The lowest BCUT2D eigenvalue weighted by Gasteiger charge is -2.28. The van der Waals surface area contributed by atoms with E-state index in [1.54, 1.807) is 6.92 Å². The SMILES string of the molecule is Cc1nc(-c2ccc(NC(=O)N(C[C@H]3CCCO3)C[C@H]3CCCO3)cc2)cc(=O)[nH]1. The third-order valence-electron chi connectivity index (χ3n) is 5.48. The molecule has 4 rings (SSSR count). The van der Waals surface area contributed by atoms with Crippen molar-refractivity contribution in [2.45, 2.75) is 44.8 Å². The number of nitrogens with one attached hydrogen (secondary N) is 2. The van der Waals surface area contributed by atoms with Crippen molar-refractivity contribution >= 4 is 11.7 Å². The van der Waals surface area contributed by atoms with Crippen LogP contribution in [-0.2, 0) is 9.47 Å². The largest absolute Gasteiger partial charge is 0.376 e. The Hall–Kier alpha value is -2.71. The number of aromatic amines is 1. The molecule has 30 heavy (non-hydrogen) atoms. The smallest absolute Gasteiger partial charge is 0.322 e. The van der Waals surface area contributed by atoms with Gasteiger partial charge in [0.25, 0.3) is 5.56 Å². The van der Waals surface area contributed by atoms with Gasteiger partial charge in [0.15, 0.2) is 0 Å². The first-order valence-corrected chi connectivity index (χ1v) is 10.5. The van der Waals surface area contributed by atoms with Crippen molar-refractivity contribution in [3.8, 4) is 11.3 Å². The molecule has 2 aromatic rings. The fraction of sp³-hybridized carbons (Fsp3) is 0.500. The van der Waals surface area contributed by atoms with Crippen LogP contribution in [0.2, 0.25) is 0 Å². The van der Waals surface area contributed by atoms with Gasteiger partial charge in [-0.25, -0.2) is 9.78 Å². The summed E-state index contributed by atoms with van der Waals surface area (Å²) in [4.78, 5) is 33.5. The predicted molar refractivity (Wildman–Crippen MR) is 114 cm³/mol. The van der Waals surface area contributed by atoms with Crippen LogP contribution in [0.4, 0.5) is 10.5 Å². The average Bonchev–Trinajstić information content (AvgIpc) is 3.41. The lowest BCUT2D eigenvalue weighted by molar-refractivity contribution is 0.0524. The van der Waals surface area contributed by atoms with E-state index in [9.17, 15) is 9.59 Å². The Balaban J connectivity index is 1.43. The number of ether oxygens (including phenoxy) is 2. The van der Waals surface area contributed by atoms with Gasteiger partial charge in [-0.1, -0.05) is 12.1 Å². The van der Waals surface area contributed by atoms with Gasteiger partial charge in [-0.15, -0.1) is 0 Å². The van der Waals surface area contributed by atoms with Crippen molar-refractivity contribution in [3.63, 3.8) is 0 Å². The summed E-state index contributed by atoms with van der Waals surface area (Å²) in [5.74, 6) is 0.564. The number of hydrogen-bond donors (Lipinski definition) is 2. The van der Waals surface area contributed by atoms with E-state index >= 15 is 0 Å². The molecule has 2 aliphatic heterocycles. The summed E-state index contributed by atoms with van der Waals surface area (Å²) < 4.78 is 11.5. The van der Waals surface area contributed by atoms with E-state index in [1.165, 1.54) is 6.07 Å². The highest BCUT2D eigenvalue weighted by Gasteiger charge is 2.27. The normalized spacial score (nSPS) is 21.0. The number of anilines is 1. The van der Waals surface area contributed by atoms with Crippen LogP contribution in [0.1, 0.15) is 31.5 Å². The fourth-order valence-corrected chi connectivity index (χ4v) is 3.96. The van der Waals surface area contributed by atoms with E-state index in [4.69, 9.17) is 9.47 Å². The van der Waals surface area contributed by atoms with E-state index in [0.29, 0.717) is 30.3 Å². The summed E-state index contributed by atoms with van der Waals surface area (Å²) in [6.45, 7) is 4.41. The maximum atomic E-state index is 13.0.